The van der Waals surface area contributed by atoms with Gasteiger partial charge in [-0.05, 0) is 36.2 Å². The van der Waals surface area contributed by atoms with E-state index >= 15 is 0 Å². The highest BCUT2D eigenvalue weighted by Gasteiger charge is 2.49. The summed E-state index contributed by atoms with van der Waals surface area (Å²) in [6.45, 7) is 4.16. The molecule has 27 heavy (non-hydrogen) atoms. The molecular formula is C21H18N4O2. The predicted molar refractivity (Wildman–Crippen MR) is 101 cm³/mol. The molecule has 0 unspecified atom stereocenters. The summed E-state index contributed by atoms with van der Waals surface area (Å²) < 4.78 is 5.50. The van der Waals surface area contributed by atoms with Crippen LogP contribution >= 0.6 is 0 Å². The molecule has 0 bridgehead atoms. The Labute approximate surface area is 156 Å². The molecule has 1 spiro atoms. The van der Waals surface area contributed by atoms with E-state index in [9.17, 15) is 4.79 Å². The van der Waals surface area contributed by atoms with E-state index in [4.69, 9.17) is 4.74 Å². The van der Waals surface area contributed by atoms with Crippen molar-refractivity contribution in [3.63, 3.8) is 0 Å². The zero-order valence-corrected chi connectivity index (χ0v) is 14.9. The molecule has 0 N–H and O–H groups in total. The fraction of sp³-hybridized carbons (Fsp3) is 0.238. The Kier molecular flexibility index (Phi) is 3.55. The quantitative estimate of drug-likeness (QED) is 0.670. The summed E-state index contributed by atoms with van der Waals surface area (Å²) in [6, 6.07) is 9.79. The van der Waals surface area contributed by atoms with E-state index in [1.807, 2.05) is 37.3 Å². The maximum absolute atomic E-state index is 11.2. The zero-order valence-electron chi connectivity index (χ0n) is 14.9. The van der Waals surface area contributed by atoms with Gasteiger partial charge < -0.3 is 9.64 Å². The van der Waals surface area contributed by atoms with Gasteiger partial charge in [-0.15, -0.1) is 0 Å². The van der Waals surface area contributed by atoms with Gasteiger partial charge in [0.1, 0.15) is 6.29 Å². The number of aldehydes is 1. The second-order valence-electron chi connectivity index (χ2n) is 7.24. The van der Waals surface area contributed by atoms with Crippen LogP contribution in [0.5, 0.6) is 0 Å². The van der Waals surface area contributed by atoms with E-state index in [1.165, 1.54) is 5.56 Å². The van der Waals surface area contributed by atoms with Gasteiger partial charge in [0.25, 0.3) is 0 Å². The lowest BCUT2D eigenvalue weighted by Gasteiger charge is -2.38. The van der Waals surface area contributed by atoms with E-state index in [0.717, 1.165) is 35.3 Å². The molecule has 1 saturated heterocycles. The molecule has 1 fully saturated rings. The molecule has 0 saturated carbocycles. The van der Waals surface area contributed by atoms with E-state index in [0.29, 0.717) is 24.7 Å². The van der Waals surface area contributed by atoms with Crippen molar-refractivity contribution in [3.8, 4) is 11.3 Å². The van der Waals surface area contributed by atoms with E-state index in [-0.39, 0.29) is 5.41 Å². The first kappa shape index (κ1) is 16.1. The van der Waals surface area contributed by atoms with Crippen LogP contribution in [-0.2, 0) is 10.2 Å². The third kappa shape index (κ3) is 2.52. The Balaban J connectivity index is 1.53. The second-order valence-corrected chi connectivity index (χ2v) is 7.24. The Morgan fingerprint density at radius 3 is 2.59 bits per heavy atom. The maximum atomic E-state index is 11.2. The first-order valence-corrected chi connectivity index (χ1v) is 8.89. The predicted octanol–water partition coefficient (Wildman–Crippen LogP) is 3.08. The lowest BCUT2D eigenvalue weighted by molar-refractivity contribution is -0.0507. The Hall–Kier alpha value is -3.12. The molecule has 2 aliphatic rings. The normalized spacial score (nSPS) is 16.9. The number of aryl methyl sites for hydroxylation is 1. The van der Waals surface area contributed by atoms with Crippen molar-refractivity contribution in [1.29, 1.82) is 0 Å². The molecule has 2 aliphatic heterocycles. The summed E-state index contributed by atoms with van der Waals surface area (Å²) in [6.07, 6.45) is 6.26. The van der Waals surface area contributed by atoms with Crippen LogP contribution in [0.15, 0.2) is 48.9 Å². The standard InChI is InChI=1S/C21H18N4O2/c1-14-4-5-22-18(6-14)16-8-23-20(24-9-16)25-11-21(12-27-13-21)17-3-2-15(10-26)7-19(17)25/h2-10H,11-13H2,1H3. The third-order valence-corrected chi connectivity index (χ3v) is 5.33. The van der Waals surface area contributed by atoms with Crippen LogP contribution in [0.2, 0.25) is 0 Å². The first-order chi connectivity index (χ1) is 13.2. The van der Waals surface area contributed by atoms with Gasteiger partial charge in [-0.3, -0.25) is 9.78 Å². The van der Waals surface area contributed by atoms with Crippen molar-refractivity contribution < 1.29 is 9.53 Å². The number of ether oxygens (including phenoxy) is 1. The van der Waals surface area contributed by atoms with Gasteiger partial charge in [-0.1, -0.05) is 12.1 Å². The van der Waals surface area contributed by atoms with E-state index in [1.54, 1.807) is 18.6 Å². The average Bonchev–Trinajstić information content (AvgIpc) is 3.03. The number of rotatable bonds is 3. The van der Waals surface area contributed by atoms with E-state index < -0.39 is 0 Å². The molecule has 0 aliphatic carbocycles. The topological polar surface area (TPSA) is 68.2 Å². The van der Waals surface area contributed by atoms with Gasteiger partial charge >= 0.3 is 0 Å². The van der Waals surface area contributed by atoms with Crippen molar-refractivity contribution >= 4 is 17.9 Å². The number of hydrogen-bond acceptors (Lipinski definition) is 6. The summed E-state index contributed by atoms with van der Waals surface area (Å²) in [7, 11) is 0. The second kappa shape index (κ2) is 5.96. The van der Waals surface area contributed by atoms with Crippen molar-refractivity contribution in [3.05, 3.63) is 65.6 Å². The molecule has 6 heteroatoms. The lowest BCUT2D eigenvalue weighted by Crippen LogP contribution is -2.49. The minimum absolute atomic E-state index is 0.0309. The van der Waals surface area contributed by atoms with Crippen LogP contribution in [-0.4, -0.2) is 41.0 Å². The van der Waals surface area contributed by atoms with Crippen LogP contribution in [0.3, 0.4) is 0 Å². The van der Waals surface area contributed by atoms with Crippen LogP contribution in [0.1, 0.15) is 21.5 Å². The number of fused-ring (bicyclic) bond motifs is 2. The molecular weight excluding hydrogens is 340 g/mol. The number of carbonyl (C=O) groups is 1. The summed E-state index contributed by atoms with van der Waals surface area (Å²) in [5.41, 5.74) is 5.69. The zero-order chi connectivity index (χ0) is 18.4. The van der Waals surface area contributed by atoms with Crippen LogP contribution in [0.25, 0.3) is 11.3 Å². The van der Waals surface area contributed by atoms with Crippen LogP contribution in [0, 0.1) is 6.92 Å². The Morgan fingerprint density at radius 2 is 1.93 bits per heavy atom. The van der Waals surface area contributed by atoms with E-state index in [2.05, 4.69) is 19.9 Å². The van der Waals surface area contributed by atoms with Gasteiger partial charge in [0, 0.05) is 41.9 Å². The minimum Gasteiger partial charge on any atom is -0.379 e. The van der Waals surface area contributed by atoms with Crippen LogP contribution < -0.4 is 4.90 Å². The lowest BCUT2D eigenvalue weighted by atomic mass is 9.80. The van der Waals surface area contributed by atoms with Crippen LogP contribution in [0.4, 0.5) is 11.6 Å². The molecule has 2 aromatic heterocycles. The number of anilines is 2. The molecule has 5 rings (SSSR count). The largest absolute Gasteiger partial charge is 0.379 e. The van der Waals surface area contributed by atoms with Gasteiger partial charge in [-0.2, -0.15) is 0 Å². The fourth-order valence-electron chi connectivity index (χ4n) is 3.83. The molecule has 3 aromatic rings. The number of benzene rings is 1. The van der Waals surface area contributed by atoms with Gasteiger partial charge in [0.2, 0.25) is 5.95 Å². The molecule has 1 aromatic carbocycles. The maximum Gasteiger partial charge on any atom is 0.229 e. The van der Waals surface area contributed by atoms with Crippen molar-refractivity contribution in [1.82, 2.24) is 15.0 Å². The third-order valence-electron chi connectivity index (χ3n) is 5.33. The fourth-order valence-corrected chi connectivity index (χ4v) is 3.83. The Bertz CT molecular complexity index is 1030. The van der Waals surface area contributed by atoms with Gasteiger partial charge in [0.05, 0.1) is 24.3 Å². The number of aromatic nitrogens is 3. The number of hydrogen-bond donors (Lipinski definition) is 0. The monoisotopic (exact) mass is 358 g/mol. The summed E-state index contributed by atoms with van der Waals surface area (Å²) in [5.74, 6) is 0.625. The number of carbonyl (C=O) groups excluding carboxylic acids is 1. The minimum atomic E-state index is -0.0309. The number of nitrogens with zero attached hydrogens (tertiary/aromatic N) is 4. The highest BCUT2D eigenvalue weighted by Crippen LogP contribution is 2.47. The summed E-state index contributed by atoms with van der Waals surface area (Å²) in [5, 5.41) is 0. The van der Waals surface area contributed by atoms with Crippen molar-refractivity contribution in [2.24, 2.45) is 0 Å². The molecule has 134 valence electrons. The first-order valence-electron chi connectivity index (χ1n) is 8.89. The molecule has 6 nitrogen and oxygen atoms in total. The highest BCUT2D eigenvalue weighted by molar-refractivity contribution is 5.81. The van der Waals surface area contributed by atoms with Crippen molar-refractivity contribution in [2.75, 3.05) is 24.7 Å². The highest BCUT2D eigenvalue weighted by atomic mass is 16.5. The van der Waals surface area contributed by atoms with Gasteiger partial charge in [0.15, 0.2) is 0 Å². The average molecular weight is 358 g/mol. The van der Waals surface area contributed by atoms with Crippen molar-refractivity contribution in [2.45, 2.75) is 12.3 Å². The molecule has 0 atom stereocenters. The smallest absolute Gasteiger partial charge is 0.229 e. The van der Waals surface area contributed by atoms with Gasteiger partial charge in [-0.25, -0.2) is 9.97 Å². The summed E-state index contributed by atoms with van der Waals surface area (Å²) >= 11 is 0. The number of pyridine rings is 1. The molecule has 0 amide bonds. The Morgan fingerprint density at radius 1 is 1.11 bits per heavy atom. The molecule has 0 radical (unpaired) electrons. The SMILES string of the molecule is Cc1ccnc(-c2cnc(N3CC4(COC4)c4ccc(C=O)cc43)nc2)c1. The summed E-state index contributed by atoms with van der Waals surface area (Å²) in [4.78, 5) is 26.9. The molecule has 4 heterocycles.